The quantitative estimate of drug-likeness (QED) is 0.674. The van der Waals surface area contributed by atoms with E-state index in [1.54, 1.807) is 0 Å². The van der Waals surface area contributed by atoms with Gasteiger partial charge in [0.1, 0.15) is 10.7 Å². The Morgan fingerprint density at radius 1 is 1.11 bits per heavy atom. The highest BCUT2D eigenvalue weighted by Gasteiger charge is 2.34. The minimum atomic E-state index is -4.13. The van der Waals surface area contributed by atoms with Crippen LogP contribution in [0.5, 0.6) is 0 Å². The highest BCUT2D eigenvalue weighted by Crippen LogP contribution is 2.35. The minimum Gasteiger partial charge on any atom is -0.465 e. The third-order valence-corrected chi connectivity index (χ3v) is 7.41. The summed E-state index contributed by atoms with van der Waals surface area (Å²) in [5.74, 6) is -2.05. The molecule has 0 saturated heterocycles. The van der Waals surface area contributed by atoms with Gasteiger partial charge in [-0.1, -0.05) is 12.1 Å². The van der Waals surface area contributed by atoms with Crippen molar-refractivity contribution in [2.75, 3.05) is 21.3 Å². The maximum absolute atomic E-state index is 13.0. The van der Waals surface area contributed by atoms with Gasteiger partial charge in [0, 0.05) is 13.6 Å². The molecule has 0 unspecified atom stereocenters. The van der Waals surface area contributed by atoms with Gasteiger partial charge in [-0.2, -0.15) is 4.31 Å². The van der Waals surface area contributed by atoms with E-state index in [1.807, 2.05) is 0 Å². The van der Waals surface area contributed by atoms with Gasteiger partial charge in [0.15, 0.2) is 4.21 Å². The first-order valence-electron chi connectivity index (χ1n) is 7.64. The summed E-state index contributed by atoms with van der Waals surface area (Å²) in [4.78, 5) is 24.1. The number of rotatable bonds is 6. The molecule has 0 aliphatic heterocycles. The number of thiophene rings is 1. The van der Waals surface area contributed by atoms with E-state index in [0.29, 0.717) is 16.9 Å². The fraction of sp³-hybridized carbons (Fsp3) is 0.294. The predicted molar refractivity (Wildman–Crippen MR) is 96.8 cm³/mol. The average molecular weight is 415 g/mol. The molecule has 1 aromatic carbocycles. The summed E-state index contributed by atoms with van der Waals surface area (Å²) in [7, 11) is -0.519. The number of hydrogen-bond acceptors (Lipinski definition) is 7. The van der Waals surface area contributed by atoms with Crippen molar-refractivity contribution < 1.29 is 31.9 Å². The van der Waals surface area contributed by atoms with Gasteiger partial charge in [0.25, 0.3) is 10.0 Å². The number of carbonyl (C=O) groups is 2. The van der Waals surface area contributed by atoms with Gasteiger partial charge in [-0.25, -0.2) is 22.4 Å². The number of nitrogens with zero attached hydrogens (tertiary/aromatic N) is 1. The van der Waals surface area contributed by atoms with Gasteiger partial charge in [-0.3, -0.25) is 0 Å². The number of carbonyl (C=O) groups excluding carboxylic acids is 2. The van der Waals surface area contributed by atoms with Gasteiger partial charge in [0.05, 0.1) is 19.8 Å². The first-order chi connectivity index (χ1) is 12.6. The molecule has 0 atom stereocenters. The highest BCUT2D eigenvalue weighted by molar-refractivity contribution is 7.91. The molecule has 0 saturated carbocycles. The van der Waals surface area contributed by atoms with E-state index in [-0.39, 0.29) is 26.8 Å². The van der Waals surface area contributed by atoms with Crippen LogP contribution in [-0.4, -0.2) is 45.9 Å². The summed E-state index contributed by atoms with van der Waals surface area (Å²) in [5, 5.41) is 0. The molecular formula is C17H18FNO6S2. The van der Waals surface area contributed by atoms with Gasteiger partial charge in [-0.05, 0) is 30.2 Å². The van der Waals surface area contributed by atoms with Crippen LogP contribution in [0.15, 0.2) is 28.5 Å². The summed E-state index contributed by atoms with van der Waals surface area (Å²) in [6.45, 7) is 1.40. The SMILES string of the molecule is COC(=O)c1sc(S(=O)(=O)N(C)Cc2ccc(F)cc2)c(C(=O)OC)c1C. The molecule has 1 aromatic heterocycles. The van der Waals surface area contributed by atoms with Crippen LogP contribution >= 0.6 is 11.3 Å². The van der Waals surface area contributed by atoms with Gasteiger partial charge in [-0.15, -0.1) is 11.3 Å². The number of methoxy groups -OCH3 is 2. The van der Waals surface area contributed by atoms with Crippen LogP contribution in [0.2, 0.25) is 0 Å². The number of ether oxygens (including phenoxy) is 2. The second kappa shape index (κ2) is 8.15. The third-order valence-electron chi connectivity index (χ3n) is 3.84. The lowest BCUT2D eigenvalue weighted by atomic mass is 10.2. The number of sulfonamides is 1. The van der Waals surface area contributed by atoms with E-state index in [0.717, 1.165) is 18.5 Å². The number of hydrogen-bond donors (Lipinski definition) is 0. The molecule has 10 heteroatoms. The van der Waals surface area contributed by atoms with Gasteiger partial charge < -0.3 is 9.47 Å². The maximum Gasteiger partial charge on any atom is 0.348 e. The Morgan fingerprint density at radius 3 is 2.19 bits per heavy atom. The minimum absolute atomic E-state index is 0.00616. The van der Waals surface area contributed by atoms with Crippen molar-refractivity contribution >= 4 is 33.3 Å². The Kier molecular flexibility index (Phi) is 6.34. The van der Waals surface area contributed by atoms with Crippen LogP contribution < -0.4 is 0 Å². The van der Waals surface area contributed by atoms with Gasteiger partial charge in [0.2, 0.25) is 0 Å². The first kappa shape index (κ1) is 21.0. The van der Waals surface area contributed by atoms with Crippen LogP contribution in [-0.2, 0) is 26.0 Å². The molecule has 7 nitrogen and oxygen atoms in total. The Hall–Kier alpha value is -2.30. The summed E-state index contributed by atoms with van der Waals surface area (Å²) in [6.07, 6.45) is 0. The summed E-state index contributed by atoms with van der Waals surface area (Å²) >= 11 is 0.646. The molecule has 2 aromatic rings. The molecule has 0 fully saturated rings. The first-order valence-corrected chi connectivity index (χ1v) is 9.90. The third kappa shape index (κ3) is 4.18. The summed E-state index contributed by atoms with van der Waals surface area (Å²) < 4.78 is 49.1. The lowest BCUT2D eigenvalue weighted by molar-refractivity contribution is 0.0596. The second-order valence-corrected chi connectivity index (χ2v) is 8.85. The monoisotopic (exact) mass is 415 g/mol. The van der Waals surface area contributed by atoms with Crippen LogP contribution in [0.3, 0.4) is 0 Å². The zero-order valence-electron chi connectivity index (χ0n) is 15.1. The van der Waals surface area contributed by atoms with E-state index >= 15 is 0 Å². The van der Waals surface area contributed by atoms with E-state index < -0.39 is 27.8 Å². The summed E-state index contributed by atoms with van der Waals surface area (Å²) in [5.41, 5.74) is 0.532. The molecule has 1 heterocycles. The number of halogens is 1. The topological polar surface area (TPSA) is 90.0 Å². The summed E-state index contributed by atoms with van der Waals surface area (Å²) in [6, 6.07) is 5.37. The Bertz CT molecular complexity index is 966. The Labute approximate surface area is 160 Å². The smallest absolute Gasteiger partial charge is 0.348 e. The van der Waals surface area contributed by atoms with Crippen molar-refractivity contribution in [2.24, 2.45) is 0 Å². The van der Waals surface area contributed by atoms with Crippen molar-refractivity contribution in [3.05, 3.63) is 51.7 Å². The Morgan fingerprint density at radius 2 is 1.67 bits per heavy atom. The number of esters is 2. The molecule has 0 spiro atoms. The van der Waals surface area contributed by atoms with E-state index in [9.17, 15) is 22.4 Å². The van der Waals surface area contributed by atoms with E-state index in [2.05, 4.69) is 9.47 Å². The fourth-order valence-corrected chi connectivity index (χ4v) is 5.46. The van der Waals surface area contributed by atoms with Crippen LogP contribution in [0.4, 0.5) is 4.39 Å². The Balaban J connectivity index is 2.51. The zero-order chi connectivity index (χ0) is 20.4. The lowest BCUT2D eigenvalue weighted by Crippen LogP contribution is -2.27. The molecule has 0 aliphatic carbocycles. The standard InChI is InChI=1S/C17H18FNO6S2/c1-10-13(15(20)24-3)17(26-14(10)16(21)25-4)27(22,23)19(2)9-11-5-7-12(18)8-6-11/h5-8H,9H2,1-4H3. The van der Waals surface area contributed by atoms with Crippen molar-refractivity contribution in [2.45, 2.75) is 17.7 Å². The molecule has 2 rings (SSSR count). The lowest BCUT2D eigenvalue weighted by Gasteiger charge is -2.17. The predicted octanol–water partition coefficient (Wildman–Crippen LogP) is 2.59. The van der Waals surface area contributed by atoms with Crippen molar-refractivity contribution in [3.63, 3.8) is 0 Å². The molecule has 0 aliphatic rings. The van der Waals surface area contributed by atoms with E-state index in [4.69, 9.17) is 0 Å². The van der Waals surface area contributed by atoms with Gasteiger partial charge >= 0.3 is 11.9 Å². The molecule has 0 N–H and O–H groups in total. The largest absolute Gasteiger partial charge is 0.465 e. The molecular weight excluding hydrogens is 397 g/mol. The fourth-order valence-electron chi connectivity index (χ4n) is 2.37. The molecule has 27 heavy (non-hydrogen) atoms. The molecule has 0 bridgehead atoms. The molecule has 0 amide bonds. The average Bonchev–Trinajstić information content (AvgIpc) is 3.00. The number of benzene rings is 1. The zero-order valence-corrected chi connectivity index (χ0v) is 16.7. The highest BCUT2D eigenvalue weighted by atomic mass is 32.2. The van der Waals surface area contributed by atoms with E-state index in [1.165, 1.54) is 38.2 Å². The maximum atomic E-state index is 13.0. The van der Waals surface area contributed by atoms with Crippen LogP contribution in [0.1, 0.15) is 31.2 Å². The molecule has 146 valence electrons. The van der Waals surface area contributed by atoms with Crippen molar-refractivity contribution in [3.8, 4) is 0 Å². The van der Waals surface area contributed by atoms with Crippen LogP contribution in [0, 0.1) is 12.7 Å². The van der Waals surface area contributed by atoms with Crippen molar-refractivity contribution in [1.29, 1.82) is 0 Å². The second-order valence-electron chi connectivity index (χ2n) is 5.59. The van der Waals surface area contributed by atoms with Crippen molar-refractivity contribution in [1.82, 2.24) is 4.31 Å². The molecule has 0 radical (unpaired) electrons. The van der Waals surface area contributed by atoms with Crippen LogP contribution in [0.25, 0.3) is 0 Å². The normalized spacial score (nSPS) is 11.5.